The topological polar surface area (TPSA) is 67.6 Å². The third-order valence-corrected chi connectivity index (χ3v) is 1.41. The van der Waals surface area contributed by atoms with Gasteiger partial charge in [-0.05, 0) is 12.1 Å². The van der Waals surface area contributed by atoms with Crippen LogP contribution >= 0.6 is 0 Å². The van der Waals surface area contributed by atoms with E-state index in [1.807, 2.05) is 0 Å². The van der Waals surface area contributed by atoms with Gasteiger partial charge < -0.3 is 0 Å². The van der Waals surface area contributed by atoms with Gasteiger partial charge in [0, 0.05) is 6.20 Å². The molecule has 0 spiro atoms. The maximum Gasteiger partial charge on any atom is 0.299 e. The van der Waals surface area contributed by atoms with E-state index in [2.05, 4.69) is 20.4 Å². The fourth-order valence-corrected chi connectivity index (χ4v) is 0.869. The molecule has 0 saturated heterocycles. The van der Waals surface area contributed by atoms with Crippen LogP contribution in [0.5, 0.6) is 0 Å². The van der Waals surface area contributed by atoms with Crippen LogP contribution < -0.4 is 0 Å². The van der Waals surface area contributed by atoms with E-state index in [0.717, 1.165) is 0 Å². The smallest absolute Gasteiger partial charge is 0.265 e. The lowest BCUT2D eigenvalue weighted by atomic mass is 10.2. The lowest BCUT2D eigenvalue weighted by Crippen LogP contribution is -1.97. The highest BCUT2D eigenvalue weighted by molar-refractivity contribution is 6.20. The van der Waals surface area contributed by atoms with E-state index in [9.17, 15) is 4.79 Å². The van der Waals surface area contributed by atoms with Crippen LogP contribution in [0.15, 0.2) is 34.8 Å². The molecule has 1 aromatic heterocycles. The number of nitrogens with zero attached hydrogens (tertiary/aromatic N) is 4. The lowest BCUT2D eigenvalue weighted by molar-refractivity contribution is -0.112. The van der Waals surface area contributed by atoms with E-state index in [-0.39, 0.29) is 5.91 Å². The van der Waals surface area contributed by atoms with Crippen molar-refractivity contribution in [2.75, 3.05) is 0 Å². The number of carbonyl (C=O) groups excluding carboxylic acids is 1. The fraction of sp³-hybridized carbons (Fsp3) is 0. The molecular weight excluding hydrogens is 156 g/mol. The minimum Gasteiger partial charge on any atom is -0.265 e. The Labute approximate surface area is 67.8 Å². The normalized spacial score (nSPS) is 15.0. The maximum absolute atomic E-state index is 11.0. The highest BCUT2D eigenvalue weighted by Crippen LogP contribution is 2.16. The summed E-state index contributed by atoms with van der Waals surface area (Å²) < 4.78 is 0. The molecule has 5 heteroatoms. The Bertz CT molecular complexity index is 368. The van der Waals surface area contributed by atoms with Crippen LogP contribution in [0.25, 0.3) is 5.57 Å². The van der Waals surface area contributed by atoms with Gasteiger partial charge in [0.05, 0.1) is 11.8 Å². The molecule has 1 aromatic rings. The van der Waals surface area contributed by atoms with Gasteiger partial charge in [-0.2, -0.15) is 15.3 Å². The van der Waals surface area contributed by atoms with Crippen molar-refractivity contribution in [3.8, 4) is 0 Å². The Kier molecular flexibility index (Phi) is 1.48. The van der Waals surface area contributed by atoms with Crippen LogP contribution in [0.3, 0.4) is 0 Å². The van der Waals surface area contributed by atoms with Gasteiger partial charge in [-0.1, -0.05) is 0 Å². The Morgan fingerprint density at radius 2 is 2.25 bits per heavy atom. The largest absolute Gasteiger partial charge is 0.299 e. The highest BCUT2D eigenvalue weighted by atomic mass is 16.2. The van der Waals surface area contributed by atoms with Gasteiger partial charge >= 0.3 is 0 Å². The summed E-state index contributed by atoms with van der Waals surface area (Å²) in [6, 6.07) is 3.39. The molecule has 58 valence electrons. The van der Waals surface area contributed by atoms with Crippen LogP contribution in [0.4, 0.5) is 0 Å². The van der Waals surface area contributed by atoms with Gasteiger partial charge in [0.1, 0.15) is 5.69 Å². The average molecular weight is 160 g/mol. The van der Waals surface area contributed by atoms with Gasteiger partial charge in [0.25, 0.3) is 5.91 Å². The number of hydrogen-bond donors (Lipinski definition) is 0. The van der Waals surface area contributed by atoms with Gasteiger partial charge in [-0.25, -0.2) is 0 Å². The molecule has 0 aliphatic carbocycles. The molecule has 0 saturated carbocycles. The molecule has 1 aliphatic heterocycles. The molecule has 0 bridgehead atoms. The minimum absolute atomic E-state index is 0.365. The summed E-state index contributed by atoms with van der Waals surface area (Å²) in [4.78, 5) is 11.0. The molecule has 0 fully saturated rings. The molecule has 12 heavy (non-hydrogen) atoms. The molecule has 0 N–H and O–H groups in total. The van der Waals surface area contributed by atoms with Crippen LogP contribution in [0, 0.1) is 0 Å². The van der Waals surface area contributed by atoms with Crippen LogP contribution in [0.2, 0.25) is 0 Å². The Morgan fingerprint density at radius 3 is 2.83 bits per heavy atom. The molecular formula is C7H4N4O. The first-order valence-electron chi connectivity index (χ1n) is 3.31. The second-order valence-electron chi connectivity index (χ2n) is 2.17. The Hall–Kier alpha value is -1.91. The fourth-order valence-electron chi connectivity index (χ4n) is 0.869. The lowest BCUT2D eigenvalue weighted by Gasteiger charge is -1.93. The molecule has 0 atom stereocenters. The Balaban J connectivity index is 2.40. The second-order valence-corrected chi connectivity index (χ2v) is 2.17. The molecule has 2 heterocycles. The third kappa shape index (κ3) is 1.01. The van der Waals surface area contributed by atoms with Gasteiger partial charge in [0.15, 0.2) is 0 Å². The highest BCUT2D eigenvalue weighted by Gasteiger charge is 2.16. The first-order valence-corrected chi connectivity index (χ1v) is 3.31. The quantitative estimate of drug-likeness (QED) is 0.610. The van der Waals surface area contributed by atoms with Crippen molar-refractivity contribution in [2.45, 2.75) is 0 Å². The predicted molar refractivity (Wildman–Crippen MR) is 39.9 cm³/mol. The molecule has 0 radical (unpaired) electrons. The first kappa shape index (κ1) is 6.78. The summed E-state index contributed by atoms with van der Waals surface area (Å²) in [5, 5.41) is 14.2. The number of rotatable bonds is 1. The van der Waals surface area contributed by atoms with Gasteiger partial charge in [-0.3, -0.25) is 4.79 Å². The zero-order chi connectivity index (χ0) is 8.39. The molecule has 1 aliphatic rings. The van der Waals surface area contributed by atoms with E-state index in [1.54, 1.807) is 12.1 Å². The van der Waals surface area contributed by atoms with Crippen molar-refractivity contribution in [1.29, 1.82) is 0 Å². The average Bonchev–Trinajstić information content (AvgIpc) is 2.53. The molecule has 0 unspecified atom stereocenters. The predicted octanol–water partition coefficient (Wildman–Crippen LogP) is 0.810. The molecule has 1 amide bonds. The Morgan fingerprint density at radius 1 is 1.33 bits per heavy atom. The van der Waals surface area contributed by atoms with Crippen LogP contribution in [-0.4, -0.2) is 16.1 Å². The summed E-state index contributed by atoms with van der Waals surface area (Å²) in [5.41, 5.74) is 0.899. The van der Waals surface area contributed by atoms with E-state index in [4.69, 9.17) is 0 Å². The van der Waals surface area contributed by atoms with Crippen LogP contribution in [-0.2, 0) is 4.79 Å². The zero-order valence-corrected chi connectivity index (χ0v) is 6.01. The van der Waals surface area contributed by atoms with E-state index in [0.29, 0.717) is 11.3 Å². The monoisotopic (exact) mass is 160 g/mol. The van der Waals surface area contributed by atoms with Crippen molar-refractivity contribution in [2.24, 2.45) is 10.2 Å². The van der Waals surface area contributed by atoms with Crippen molar-refractivity contribution >= 4 is 11.5 Å². The SMILES string of the molecule is O=C1N=NC=C1c1cccnn1. The summed E-state index contributed by atoms with van der Waals surface area (Å²) in [6.07, 6.45) is 2.92. The molecule has 0 aromatic carbocycles. The van der Waals surface area contributed by atoms with Gasteiger partial charge in [-0.15, -0.1) is 5.11 Å². The summed E-state index contributed by atoms with van der Waals surface area (Å²) in [5.74, 6) is -0.365. The number of aromatic nitrogens is 2. The van der Waals surface area contributed by atoms with Crippen molar-refractivity contribution < 1.29 is 4.79 Å². The van der Waals surface area contributed by atoms with Gasteiger partial charge in [0.2, 0.25) is 0 Å². The maximum atomic E-state index is 11.0. The van der Waals surface area contributed by atoms with Crippen molar-refractivity contribution in [1.82, 2.24) is 10.2 Å². The summed E-state index contributed by atoms with van der Waals surface area (Å²) in [6.45, 7) is 0. The number of carbonyl (C=O) groups is 1. The van der Waals surface area contributed by atoms with Crippen LogP contribution in [0.1, 0.15) is 5.69 Å². The third-order valence-electron chi connectivity index (χ3n) is 1.41. The first-order chi connectivity index (χ1) is 5.88. The summed E-state index contributed by atoms with van der Waals surface area (Å²) in [7, 11) is 0. The number of hydrogen-bond acceptors (Lipinski definition) is 4. The summed E-state index contributed by atoms with van der Waals surface area (Å²) >= 11 is 0. The van der Waals surface area contributed by atoms with E-state index >= 15 is 0 Å². The standard InChI is InChI=1S/C7H4N4O/c12-7-5(4-9-11-7)6-2-1-3-8-10-6/h1-4H. The zero-order valence-electron chi connectivity index (χ0n) is 6.01. The molecule has 5 nitrogen and oxygen atoms in total. The van der Waals surface area contributed by atoms with Crippen molar-refractivity contribution in [3.05, 3.63) is 30.2 Å². The minimum atomic E-state index is -0.365. The van der Waals surface area contributed by atoms with Crippen molar-refractivity contribution in [3.63, 3.8) is 0 Å². The number of azo groups is 1. The molecule has 2 rings (SSSR count). The van der Waals surface area contributed by atoms with E-state index in [1.165, 1.54) is 12.4 Å². The van der Waals surface area contributed by atoms with E-state index < -0.39 is 0 Å². The number of amides is 1. The second kappa shape index (κ2) is 2.61.